The minimum Gasteiger partial charge on any atom is -0.480 e. The molecule has 0 bridgehead atoms. The standard InChI is InChI=1S/C18H16N2O2S2/c1-20(10-13-11-24-17(19-13)16-7-4-8-23-16)18(21)15-9-12-5-2-3-6-14(12)22-15/h2-8,11,15H,9-10H2,1H3/t15-/m1/s1. The molecule has 0 aliphatic carbocycles. The van der Waals surface area contributed by atoms with Crippen LogP contribution in [0.2, 0.25) is 0 Å². The first-order chi connectivity index (χ1) is 11.7. The summed E-state index contributed by atoms with van der Waals surface area (Å²) in [5, 5.41) is 5.06. The van der Waals surface area contributed by atoms with Gasteiger partial charge in [-0.15, -0.1) is 22.7 Å². The van der Waals surface area contributed by atoms with Gasteiger partial charge in [-0.25, -0.2) is 4.98 Å². The van der Waals surface area contributed by atoms with Crippen molar-refractivity contribution >= 4 is 28.6 Å². The fourth-order valence-corrected chi connectivity index (χ4v) is 4.40. The molecule has 0 radical (unpaired) electrons. The number of aromatic nitrogens is 1. The third-order valence-corrected chi connectivity index (χ3v) is 5.91. The predicted molar refractivity (Wildman–Crippen MR) is 96.5 cm³/mol. The van der Waals surface area contributed by atoms with E-state index >= 15 is 0 Å². The molecule has 1 amide bonds. The van der Waals surface area contributed by atoms with Crippen LogP contribution in [-0.2, 0) is 17.8 Å². The summed E-state index contributed by atoms with van der Waals surface area (Å²) in [4.78, 5) is 20.1. The van der Waals surface area contributed by atoms with E-state index in [0.29, 0.717) is 13.0 Å². The molecule has 0 saturated carbocycles. The van der Waals surface area contributed by atoms with Crippen molar-refractivity contribution in [3.8, 4) is 15.6 Å². The summed E-state index contributed by atoms with van der Waals surface area (Å²) in [7, 11) is 1.80. The minimum atomic E-state index is -0.428. The first-order valence-corrected chi connectivity index (χ1v) is 9.44. The lowest BCUT2D eigenvalue weighted by Gasteiger charge is -2.19. The molecule has 0 unspecified atom stereocenters. The number of fused-ring (bicyclic) bond motifs is 1. The zero-order valence-corrected chi connectivity index (χ0v) is 14.8. The van der Waals surface area contributed by atoms with Gasteiger partial charge in [-0.05, 0) is 23.1 Å². The number of benzene rings is 1. The summed E-state index contributed by atoms with van der Waals surface area (Å²) in [5.41, 5.74) is 2.01. The number of likely N-dealkylation sites (N-methyl/N-ethyl adjacent to an activating group) is 1. The average molecular weight is 356 g/mol. The van der Waals surface area contributed by atoms with E-state index in [2.05, 4.69) is 11.1 Å². The molecule has 6 heteroatoms. The van der Waals surface area contributed by atoms with Crippen molar-refractivity contribution in [2.75, 3.05) is 7.05 Å². The largest absolute Gasteiger partial charge is 0.480 e. The number of thiazole rings is 1. The number of hydrogen-bond acceptors (Lipinski definition) is 5. The second-order valence-electron chi connectivity index (χ2n) is 5.73. The summed E-state index contributed by atoms with van der Waals surface area (Å²) in [5.74, 6) is 0.815. The maximum atomic E-state index is 12.6. The van der Waals surface area contributed by atoms with Crippen molar-refractivity contribution in [2.24, 2.45) is 0 Å². The van der Waals surface area contributed by atoms with Crippen LogP contribution in [0.15, 0.2) is 47.2 Å². The van der Waals surface area contributed by atoms with E-state index in [1.807, 2.05) is 41.1 Å². The first-order valence-electron chi connectivity index (χ1n) is 7.68. The molecular formula is C18H16N2O2S2. The minimum absolute atomic E-state index is 0.00289. The Hall–Kier alpha value is -2.18. The molecule has 3 heterocycles. The van der Waals surface area contributed by atoms with Crippen molar-refractivity contribution in [1.29, 1.82) is 0 Å². The number of amides is 1. The van der Waals surface area contributed by atoms with Gasteiger partial charge in [-0.2, -0.15) is 0 Å². The normalized spacial score (nSPS) is 15.8. The van der Waals surface area contributed by atoms with E-state index in [1.165, 1.54) is 0 Å². The Morgan fingerprint density at radius 1 is 1.29 bits per heavy atom. The molecular weight excluding hydrogens is 340 g/mol. The van der Waals surface area contributed by atoms with Gasteiger partial charge in [0.2, 0.25) is 0 Å². The molecule has 0 saturated heterocycles. The van der Waals surface area contributed by atoms with Crippen molar-refractivity contribution in [2.45, 2.75) is 19.1 Å². The highest BCUT2D eigenvalue weighted by Crippen LogP contribution is 2.30. The van der Waals surface area contributed by atoms with Crippen LogP contribution >= 0.6 is 22.7 Å². The molecule has 0 spiro atoms. The van der Waals surface area contributed by atoms with E-state index in [9.17, 15) is 4.79 Å². The van der Waals surface area contributed by atoms with E-state index in [0.717, 1.165) is 26.9 Å². The number of hydrogen-bond donors (Lipinski definition) is 0. The lowest BCUT2D eigenvalue weighted by molar-refractivity contribution is -0.137. The average Bonchev–Trinajstić information content (AvgIpc) is 3.32. The molecule has 1 aliphatic rings. The van der Waals surface area contributed by atoms with Crippen molar-refractivity contribution < 1.29 is 9.53 Å². The first kappa shape index (κ1) is 15.4. The molecule has 0 N–H and O–H groups in total. The second kappa shape index (κ2) is 6.37. The number of carbonyl (C=O) groups is 1. The van der Waals surface area contributed by atoms with Gasteiger partial charge in [0.15, 0.2) is 6.10 Å². The molecule has 1 atom stereocenters. The Morgan fingerprint density at radius 3 is 2.96 bits per heavy atom. The third-order valence-electron chi connectivity index (χ3n) is 3.98. The molecule has 3 aromatic rings. The van der Waals surface area contributed by atoms with Crippen molar-refractivity contribution in [3.63, 3.8) is 0 Å². The van der Waals surface area contributed by atoms with Crippen LogP contribution in [0.4, 0.5) is 0 Å². The SMILES string of the molecule is CN(Cc1csc(-c2cccs2)n1)C(=O)[C@H]1Cc2ccccc2O1. The van der Waals surface area contributed by atoms with Gasteiger partial charge < -0.3 is 9.64 Å². The number of rotatable bonds is 4. The summed E-state index contributed by atoms with van der Waals surface area (Å²) in [6.07, 6.45) is 0.208. The summed E-state index contributed by atoms with van der Waals surface area (Å²) >= 11 is 3.29. The smallest absolute Gasteiger partial charge is 0.264 e. The Balaban J connectivity index is 1.42. The summed E-state index contributed by atoms with van der Waals surface area (Å²) in [6, 6.07) is 11.9. The van der Waals surface area contributed by atoms with Gasteiger partial charge in [0.05, 0.1) is 17.1 Å². The van der Waals surface area contributed by atoms with Crippen LogP contribution in [0.5, 0.6) is 5.75 Å². The number of thiophene rings is 1. The van der Waals surface area contributed by atoms with Gasteiger partial charge in [0.25, 0.3) is 5.91 Å². The molecule has 1 aliphatic heterocycles. The quantitative estimate of drug-likeness (QED) is 0.713. The van der Waals surface area contributed by atoms with Crippen LogP contribution in [-0.4, -0.2) is 28.9 Å². The zero-order chi connectivity index (χ0) is 16.5. The second-order valence-corrected chi connectivity index (χ2v) is 7.54. The van der Waals surface area contributed by atoms with Crippen molar-refractivity contribution in [3.05, 3.63) is 58.4 Å². The van der Waals surface area contributed by atoms with Crippen LogP contribution in [0, 0.1) is 0 Å². The van der Waals surface area contributed by atoms with Gasteiger partial charge >= 0.3 is 0 Å². The molecule has 1 aromatic carbocycles. The van der Waals surface area contributed by atoms with Gasteiger partial charge in [-0.3, -0.25) is 4.79 Å². The van der Waals surface area contributed by atoms with Crippen LogP contribution in [0.3, 0.4) is 0 Å². The zero-order valence-electron chi connectivity index (χ0n) is 13.1. The fraction of sp³-hybridized carbons (Fsp3) is 0.222. The van der Waals surface area contributed by atoms with Gasteiger partial charge in [-0.1, -0.05) is 24.3 Å². The summed E-state index contributed by atoms with van der Waals surface area (Å²) < 4.78 is 5.78. The van der Waals surface area contributed by atoms with Crippen LogP contribution < -0.4 is 4.74 Å². The van der Waals surface area contributed by atoms with Crippen molar-refractivity contribution in [1.82, 2.24) is 9.88 Å². The number of para-hydroxylation sites is 1. The Labute approximate surface area is 148 Å². The molecule has 24 heavy (non-hydrogen) atoms. The molecule has 0 fully saturated rings. The number of carbonyl (C=O) groups excluding carboxylic acids is 1. The Kier molecular flexibility index (Phi) is 4.08. The molecule has 4 nitrogen and oxygen atoms in total. The monoisotopic (exact) mass is 356 g/mol. The van der Waals surface area contributed by atoms with E-state index in [1.54, 1.807) is 34.6 Å². The number of ether oxygens (including phenoxy) is 1. The fourth-order valence-electron chi connectivity index (χ4n) is 2.78. The van der Waals surface area contributed by atoms with E-state index in [4.69, 9.17) is 4.74 Å². The van der Waals surface area contributed by atoms with Gasteiger partial charge in [0.1, 0.15) is 10.8 Å². The van der Waals surface area contributed by atoms with E-state index in [-0.39, 0.29) is 5.91 Å². The van der Waals surface area contributed by atoms with E-state index < -0.39 is 6.10 Å². The third kappa shape index (κ3) is 2.95. The summed E-state index contributed by atoms with van der Waals surface area (Å²) in [6.45, 7) is 0.497. The van der Waals surface area contributed by atoms with Crippen LogP contribution in [0.25, 0.3) is 9.88 Å². The Bertz CT molecular complexity index is 833. The highest BCUT2D eigenvalue weighted by molar-refractivity contribution is 7.20. The topological polar surface area (TPSA) is 42.4 Å². The highest BCUT2D eigenvalue weighted by Gasteiger charge is 2.31. The maximum Gasteiger partial charge on any atom is 0.264 e. The predicted octanol–water partition coefficient (Wildman–Crippen LogP) is 3.83. The lowest BCUT2D eigenvalue weighted by Crippen LogP contribution is -2.38. The Morgan fingerprint density at radius 2 is 2.17 bits per heavy atom. The van der Waals surface area contributed by atoms with Crippen LogP contribution in [0.1, 0.15) is 11.3 Å². The van der Waals surface area contributed by atoms with Gasteiger partial charge in [0, 0.05) is 18.8 Å². The maximum absolute atomic E-state index is 12.6. The number of nitrogens with zero attached hydrogens (tertiary/aromatic N) is 2. The molecule has 2 aromatic heterocycles. The molecule has 122 valence electrons. The highest BCUT2D eigenvalue weighted by atomic mass is 32.1. The lowest BCUT2D eigenvalue weighted by atomic mass is 10.1. The molecule has 4 rings (SSSR count).